The van der Waals surface area contributed by atoms with Gasteiger partial charge in [0.15, 0.2) is 0 Å². The van der Waals surface area contributed by atoms with Crippen LogP contribution in [0.25, 0.3) is 10.2 Å². The number of aromatic nitrogens is 3. The van der Waals surface area contributed by atoms with Crippen LogP contribution in [0.5, 0.6) is 0 Å². The number of hydrogen-bond donors (Lipinski definition) is 0. The standard InChI is InChI=1S/C20H24N6OS/c1-15(25-10-12-26(13-11-25)20-21-8-5-9-22-20)19(27)24(2)14-18-23-16-6-3-4-7-17(16)28-18/h3-9,15H,10-14H2,1-2H3. The summed E-state index contributed by atoms with van der Waals surface area (Å²) in [6.45, 7) is 5.82. The predicted molar refractivity (Wildman–Crippen MR) is 111 cm³/mol. The topological polar surface area (TPSA) is 65.5 Å². The minimum atomic E-state index is -0.154. The van der Waals surface area contributed by atoms with Crippen molar-refractivity contribution in [2.75, 3.05) is 38.1 Å². The molecule has 1 aliphatic heterocycles. The molecule has 1 unspecified atom stereocenters. The molecule has 8 heteroatoms. The monoisotopic (exact) mass is 396 g/mol. The first-order valence-corrected chi connectivity index (χ1v) is 10.3. The van der Waals surface area contributed by atoms with Gasteiger partial charge in [-0.25, -0.2) is 15.0 Å². The van der Waals surface area contributed by atoms with E-state index in [1.165, 1.54) is 0 Å². The Morgan fingerprint density at radius 3 is 2.57 bits per heavy atom. The Balaban J connectivity index is 1.34. The number of anilines is 1. The maximum atomic E-state index is 12.9. The van der Waals surface area contributed by atoms with Crippen molar-refractivity contribution >= 4 is 33.4 Å². The van der Waals surface area contributed by atoms with Crippen molar-refractivity contribution in [2.45, 2.75) is 19.5 Å². The molecule has 0 radical (unpaired) electrons. The number of nitrogens with zero attached hydrogens (tertiary/aromatic N) is 6. The predicted octanol–water partition coefficient (Wildman–Crippen LogP) is 2.26. The zero-order valence-electron chi connectivity index (χ0n) is 16.2. The van der Waals surface area contributed by atoms with Crippen LogP contribution in [0.1, 0.15) is 11.9 Å². The molecule has 1 aliphatic rings. The lowest BCUT2D eigenvalue weighted by atomic mass is 10.2. The third kappa shape index (κ3) is 3.98. The molecule has 146 valence electrons. The third-order valence-corrected chi connectivity index (χ3v) is 6.16. The van der Waals surface area contributed by atoms with Crippen molar-refractivity contribution in [1.29, 1.82) is 0 Å². The fraction of sp³-hybridized carbons (Fsp3) is 0.400. The van der Waals surface area contributed by atoms with Crippen molar-refractivity contribution in [3.8, 4) is 0 Å². The van der Waals surface area contributed by atoms with Crippen molar-refractivity contribution in [2.24, 2.45) is 0 Å². The summed E-state index contributed by atoms with van der Waals surface area (Å²) >= 11 is 1.65. The molecule has 1 aromatic carbocycles. The molecule has 1 amide bonds. The Morgan fingerprint density at radius 2 is 1.86 bits per heavy atom. The Bertz CT molecular complexity index is 905. The largest absolute Gasteiger partial charge is 0.338 e. The molecule has 0 spiro atoms. The van der Waals surface area contributed by atoms with E-state index < -0.39 is 0 Å². The zero-order valence-corrected chi connectivity index (χ0v) is 17.0. The molecular formula is C20H24N6OS. The first kappa shape index (κ1) is 18.8. The number of hydrogen-bond acceptors (Lipinski definition) is 7. The van der Waals surface area contributed by atoms with Gasteiger partial charge in [0.05, 0.1) is 22.8 Å². The van der Waals surface area contributed by atoms with E-state index in [2.05, 4.69) is 30.8 Å². The first-order chi connectivity index (χ1) is 13.6. The minimum Gasteiger partial charge on any atom is -0.338 e. The maximum Gasteiger partial charge on any atom is 0.239 e. The van der Waals surface area contributed by atoms with Gasteiger partial charge in [0.1, 0.15) is 5.01 Å². The van der Waals surface area contributed by atoms with Gasteiger partial charge in [-0.1, -0.05) is 12.1 Å². The van der Waals surface area contributed by atoms with Crippen LogP contribution in [0.4, 0.5) is 5.95 Å². The lowest BCUT2D eigenvalue weighted by Gasteiger charge is -2.38. The van der Waals surface area contributed by atoms with Crippen LogP contribution in [0.2, 0.25) is 0 Å². The van der Waals surface area contributed by atoms with Crippen LogP contribution < -0.4 is 4.90 Å². The van der Waals surface area contributed by atoms with E-state index in [1.54, 1.807) is 28.6 Å². The average Bonchev–Trinajstić information content (AvgIpc) is 3.15. The highest BCUT2D eigenvalue weighted by Crippen LogP contribution is 2.23. The normalized spacial score (nSPS) is 16.3. The van der Waals surface area contributed by atoms with Gasteiger partial charge in [-0.15, -0.1) is 11.3 Å². The number of rotatable bonds is 5. The first-order valence-electron chi connectivity index (χ1n) is 9.47. The molecule has 2 aromatic heterocycles. The summed E-state index contributed by atoms with van der Waals surface area (Å²) < 4.78 is 1.16. The number of fused-ring (bicyclic) bond motifs is 1. The van der Waals surface area contributed by atoms with Crippen LogP contribution in [0, 0.1) is 0 Å². The molecule has 0 N–H and O–H groups in total. The smallest absolute Gasteiger partial charge is 0.239 e. The summed E-state index contributed by atoms with van der Waals surface area (Å²) in [5.74, 6) is 0.887. The molecule has 1 saturated heterocycles. The van der Waals surface area contributed by atoms with E-state index in [4.69, 9.17) is 0 Å². The molecule has 1 atom stereocenters. The summed E-state index contributed by atoms with van der Waals surface area (Å²) in [7, 11) is 1.86. The molecule has 3 heterocycles. The summed E-state index contributed by atoms with van der Waals surface area (Å²) in [4.78, 5) is 32.4. The summed E-state index contributed by atoms with van der Waals surface area (Å²) in [5, 5.41) is 0.968. The van der Waals surface area contributed by atoms with Crippen LogP contribution in [0.15, 0.2) is 42.7 Å². The van der Waals surface area contributed by atoms with Gasteiger partial charge in [0.25, 0.3) is 0 Å². The Morgan fingerprint density at radius 1 is 1.14 bits per heavy atom. The molecule has 28 heavy (non-hydrogen) atoms. The van der Waals surface area contributed by atoms with Gasteiger partial charge in [0.2, 0.25) is 11.9 Å². The highest BCUT2D eigenvalue weighted by Gasteiger charge is 2.28. The van der Waals surface area contributed by atoms with Gasteiger partial charge >= 0.3 is 0 Å². The maximum absolute atomic E-state index is 12.9. The lowest BCUT2D eigenvalue weighted by molar-refractivity contribution is -0.135. The highest BCUT2D eigenvalue weighted by molar-refractivity contribution is 7.18. The van der Waals surface area contributed by atoms with E-state index >= 15 is 0 Å². The second-order valence-corrected chi connectivity index (χ2v) is 8.13. The van der Waals surface area contributed by atoms with E-state index in [0.717, 1.165) is 47.4 Å². The average molecular weight is 397 g/mol. The van der Waals surface area contributed by atoms with E-state index in [9.17, 15) is 4.79 Å². The van der Waals surface area contributed by atoms with Gasteiger partial charge in [-0.3, -0.25) is 9.69 Å². The Hall–Kier alpha value is -2.58. The number of amides is 1. The fourth-order valence-corrected chi connectivity index (χ4v) is 4.53. The van der Waals surface area contributed by atoms with Crippen molar-refractivity contribution in [3.05, 3.63) is 47.7 Å². The summed E-state index contributed by atoms with van der Waals surface area (Å²) in [5.41, 5.74) is 0.996. The Labute approximate surface area is 168 Å². The number of piperazine rings is 1. The minimum absolute atomic E-state index is 0.128. The molecular weight excluding hydrogens is 372 g/mol. The molecule has 4 rings (SSSR count). The quantitative estimate of drug-likeness (QED) is 0.659. The number of carbonyl (C=O) groups is 1. The van der Waals surface area contributed by atoms with Crippen molar-refractivity contribution < 1.29 is 4.79 Å². The van der Waals surface area contributed by atoms with Crippen LogP contribution in [-0.4, -0.2) is 69.9 Å². The number of benzene rings is 1. The van der Waals surface area contributed by atoms with Crippen LogP contribution in [-0.2, 0) is 11.3 Å². The second-order valence-electron chi connectivity index (χ2n) is 7.02. The fourth-order valence-electron chi connectivity index (χ4n) is 3.51. The number of carbonyl (C=O) groups excluding carboxylic acids is 1. The molecule has 0 aliphatic carbocycles. The number of para-hydroxylation sites is 1. The van der Waals surface area contributed by atoms with Crippen LogP contribution in [0.3, 0.4) is 0 Å². The molecule has 1 fully saturated rings. The lowest BCUT2D eigenvalue weighted by Crippen LogP contribution is -2.54. The highest BCUT2D eigenvalue weighted by atomic mass is 32.1. The van der Waals surface area contributed by atoms with Gasteiger partial charge in [0, 0.05) is 45.6 Å². The van der Waals surface area contributed by atoms with Crippen LogP contribution >= 0.6 is 11.3 Å². The zero-order chi connectivity index (χ0) is 19.5. The Kier molecular flexibility index (Phi) is 5.50. The van der Waals surface area contributed by atoms with Gasteiger partial charge in [-0.05, 0) is 25.1 Å². The van der Waals surface area contributed by atoms with Gasteiger partial charge in [-0.2, -0.15) is 0 Å². The number of likely N-dealkylation sites (N-methyl/N-ethyl adjacent to an activating group) is 1. The SMILES string of the molecule is CC(C(=O)N(C)Cc1nc2ccccc2s1)N1CCN(c2ncccn2)CC1. The second kappa shape index (κ2) is 8.20. The van der Waals surface area contributed by atoms with E-state index in [-0.39, 0.29) is 11.9 Å². The van der Waals surface area contributed by atoms with E-state index in [0.29, 0.717) is 6.54 Å². The summed E-state index contributed by atoms with van der Waals surface area (Å²) in [6, 6.07) is 9.75. The molecule has 7 nitrogen and oxygen atoms in total. The molecule has 0 saturated carbocycles. The van der Waals surface area contributed by atoms with E-state index in [1.807, 2.05) is 38.2 Å². The van der Waals surface area contributed by atoms with Crippen molar-refractivity contribution in [1.82, 2.24) is 24.8 Å². The van der Waals surface area contributed by atoms with Gasteiger partial charge < -0.3 is 9.80 Å². The molecule has 0 bridgehead atoms. The third-order valence-electron chi connectivity index (χ3n) is 5.14. The summed E-state index contributed by atoms with van der Waals surface area (Å²) in [6.07, 6.45) is 3.52. The molecule has 3 aromatic rings. The van der Waals surface area contributed by atoms with Crippen molar-refractivity contribution in [3.63, 3.8) is 0 Å². The number of thiazole rings is 1.